The van der Waals surface area contributed by atoms with Gasteiger partial charge in [0, 0.05) is 17.1 Å². The first kappa shape index (κ1) is 18.7. The van der Waals surface area contributed by atoms with Crippen molar-refractivity contribution >= 4 is 23.0 Å². The Hall–Kier alpha value is -3.07. The van der Waals surface area contributed by atoms with E-state index >= 15 is 0 Å². The average molecular weight is 359 g/mol. The van der Waals surface area contributed by atoms with Gasteiger partial charge < -0.3 is 9.64 Å². The zero-order valence-electron chi connectivity index (χ0n) is 16.1. The van der Waals surface area contributed by atoms with E-state index in [0.717, 1.165) is 23.5 Å². The standard InChI is InChI=1S/C24H25NO2/c1-4-24(2,3)23(26)27-22-17-15-21(16-18-22)25(19-11-7-5-8-12-19)20-13-9-6-10-14-20/h5-18H,4H2,1-3H3. The van der Waals surface area contributed by atoms with Gasteiger partial charge in [0.25, 0.3) is 0 Å². The van der Waals surface area contributed by atoms with Gasteiger partial charge in [-0.2, -0.15) is 0 Å². The Kier molecular flexibility index (Phi) is 5.60. The molecule has 3 rings (SSSR count). The topological polar surface area (TPSA) is 29.5 Å². The van der Waals surface area contributed by atoms with Crippen LogP contribution in [0.2, 0.25) is 0 Å². The van der Waals surface area contributed by atoms with Crippen LogP contribution >= 0.6 is 0 Å². The summed E-state index contributed by atoms with van der Waals surface area (Å²) in [6.45, 7) is 5.79. The van der Waals surface area contributed by atoms with E-state index in [1.165, 1.54) is 0 Å². The number of ether oxygens (including phenoxy) is 1. The molecule has 0 N–H and O–H groups in total. The number of nitrogens with zero attached hydrogens (tertiary/aromatic N) is 1. The van der Waals surface area contributed by atoms with E-state index in [0.29, 0.717) is 5.75 Å². The third-order valence-corrected chi connectivity index (χ3v) is 4.77. The summed E-state index contributed by atoms with van der Waals surface area (Å²) in [7, 11) is 0. The van der Waals surface area contributed by atoms with E-state index in [1.54, 1.807) is 0 Å². The van der Waals surface area contributed by atoms with Crippen molar-refractivity contribution in [1.82, 2.24) is 0 Å². The summed E-state index contributed by atoms with van der Waals surface area (Å²) in [5.74, 6) is 0.354. The number of anilines is 3. The molecule has 0 saturated heterocycles. The van der Waals surface area contributed by atoms with Crippen LogP contribution in [0.4, 0.5) is 17.1 Å². The normalized spacial score (nSPS) is 11.1. The summed E-state index contributed by atoms with van der Waals surface area (Å²) in [6, 6.07) is 28.0. The van der Waals surface area contributed by atoms with Crippen LogP contribution < -0.4 is 9.64 Å². The van der Waals surface area contributed by atoms with E-state index in [-0.39, 0.29) is 5.97 Å². The number of benzene rings is 3. The monoisotopic (exact) mass is 359 g/mol. The van der Waals surface area contributed by atoms with Crippen molar-refractivity contribution < 1.29 is 9.53 Å². The highest BCUT2D eigenvalue weighted by Crippen LogP contribution is 2.35. The van der Waals surface area contributed by atoms with Crippen molar-refractivity contribution in [3.8, 4) is 5.75 Å². The Balaban J connectivity index is 1.90. The smallest absolute Gasteiger partial charge is 0.316 e. The SMILES string of the molecule is CCC(C)(C)C(=O)Oc1ccc(N(c2ccccc2)c2ccccc2)cc1. The van der Waals surface area contributed by atoms with Gasteiger partial charge in [-0.05, 0) is 68.8 Å². The summed E-state index contributed by atoms with van der Waals surface area (Å²) >= 11 is 0. The highest BCUT2D eigenvalue weighted by atomic mass is 16.5. The number of carbonyl (C=O) groups excluding carboxylic acids is 1. The van der Waals surface area contributed by atoms with Gasteiger partial charge in [-0.25, -0.2) is 0 Å². The minimum atomic E-state index is -0.487. The third-order valence-electron chi connectivity index (χ3n) is 4.77. The highest BCUT2D eigenvalue weighted by Gasteiger charge is 2.27. The second-order valence-electron chi connectivity index (χ2n) is 7.13. The second kappa shape index (κ2) is 8.09. The van der Waals surface area contributed by atoms with Gasteiger partial charge in [0.2, 0.25) is 0 Å². The molecule has 0 saturated carbocycles. The summed E-state index contributed by atoms with van der Waals surface area (Å²) in [4.78, 5) is 14.5. The first-order valence-corrected chi connectivity index (χ1v) is 9.24. The Morgan fingerprint density at radius 1 is 0.778 bits per heavy atom. The molecule has 0 bridgehead atoms. The maximum Gasteiger partial charge on any atom is 0.316 e. The van der Waals surface area contributed by atoms with E-state index in [4.69, 9.17) is 4.74 Å². The molecule has 3 nitrogen and oxygen atoms in total. The van der Waals surface area contributed by atoms with Gasteiger partial charge in [0.05, 0.1) is 5.41 Å². The number of para-hydroxylation sites is 2. The predicted molar refractivity (Wildman–Crippen MR) is 111 cm³/mol. The fraction of sp³-hybridized carbons (Fsp3) is 0.208. The summed E-state index contributed by atoms with van der Waals surface area (Å²) < 4.78 is 5.56. The maximum atomic E-state index is 12.3. The van der Waals surface area contributed by atoms with Gasteiger partial charge in [-0.3, -0.25) is 4.79 Å². The first-order valence-electron chi connectivity index (χ1n) is 9.24. The van der Waals surface area contributed by atoms with Crippen molar-refractivity contribution in [3.05, 3.63) is 84.9 Å². The van der Waals surface area contributed by atoms with Crippen molar-refractivity contribution in [3.63, 3.8) is 0 Å². The molecule has 0 spiro atoms. The molecular weight excluding hydrogens is 334 g/mol. The van der Waals surface area contributed by atoms with Crippen molar-refractivity contribution in [1.29, 1.82) is 0 Å². The molecule has 0 unspecified atom stereocenters. The summed E-state index contributed by atoms with van der Waals surface area (Å²) in [6.07, 6.45) is 0.736. The third kappa shape index (κ3) is 4.37. The van der Waals surface area contributed by atoms with Crippen LogP contribution in [0.5, 0.6) is 5.75 Å². The van der Waals surface area contributed by atoms with Crippen molar-refractivity contribution in [2.45, 2.75) is 27.2 Å². The van der Waals surface area contributed by atoms with Crippen molar-refractivity contribution in [2.75, 3.05) is 4.90 Å². The zero-order valence-corrected chi connectivity index (χ0v) is 16.1. The molecule has 3 heteroatoms. The molecule has 27 heavy (non-hydrogen) atoms. The fourth-order valence-electron chi connectivity index (χ4n) is 2.65. The van der Waals surface area contributed by atoms with Gasteiger partial charge >= 0.3 is 5.97 Å². The average Bonchev–Trinajstić information content (AvgIpc) is 2.71. The molecule has 138 valence electrons. The second-order valence-corrected chi connectivity index (χ2v) is 7.13. The molecule has 3 aromatic carbocycles. The lowest BCUT2D eigenvalue weighted by atomic mass is 9.91. The Morgan fingerprint density at radius 2 is 1.22 bits per heavy atom. The van der Waals surface area contributed by atoms with Crippen LogP contribution in [-0.2, 0) is 4.79 Å². The van der Waals surface area contributed by atoms with Gasteiger partial charge in [0.15, 0.2) is 0 Å². The highest BCUT2D eigenvalue weighted by molar-refractivity contribution is 5.79. The van der Waals surface area contributed by atoms with E-state index in [9.17, 15) is 4.79 Å². The van der Waals surface area contributed by atoms with Crippen LogP contribution in [0.3, 0.4) is 0 Å². The van der Waals surface area contributed by atoms with Crippen LogP contribution in [0, 0.1) is 5.41 Å². The number of carbonyl (C=O) groups is 1. The van der Waals surface area contributed by atoms with Crippen molar-refractivity contribution in [2.24, 2.45) is 5.41 Å². The molecule has 0 aromatic heterocycles. The summed E-state index contributed by atoms with van der Waals surface area (Å²) in [5.41, 5.74) is 2.65. The van der Waals surface area contributed by atoms with Gasteiger partial charge in [-0.1, -0.05) is 43.3 Å². The first-order chi connectivity index (χ1) is 13.0. The van der Waals surface area contributed by atoms with Gasteiger partial charge in [0.1, 0.15) is 5.75 Å². The number of hydrogen-bond acceptors (Lipinski definition) is 3. The largest absolute Gasteiger partial charge is 0.426 e. The minimum Gasteiger partial charge on any atom is -0.426 e. The fourth-order valence-corrected chi connectivity index (χ4v) is 2.65. The lowest BCUT2D eigenvalue weighted by molar-refractivity contribution is -0.144. The van der Waals surface area contributed by atoms with Gasteiger partial charge in [-0.15, -0.1) is 0 Å². The molecule has 0 atom stereocenters. The van der Waals surface area contributed by atoms with Crippen LogP contribution in [0.15, 0.2) is 84.9 Å². The molecule has 0 aliphatic rings. The molecule has 0 radical (unpaired) electrons. The Bertz CT molecular complexity index is 832. The van der Waals surface area contributed by atoms with Crippen LogP contribution in [0.1, 0.15) is 27.2 Å². The molecule has 0 heterocycles. The molecular formula is C24H25NO2. The summed E-state index contributed by atoms with van der Waals surface area (Å²) in [5, 5.41) is 0. The van der Waals surface area contributed by atoms with E-state index in [1.807, 2.05) is 81.4 Å². The Morgan fingerprint density at radius 3 is 1.67 bits per heavy atom. The lowest BCUT2D eigenvalue weighted by Crippen LogP contribution is -2.28. The minimum absolute atomic E-state index is 0.208. The van der Waals surface area contributed by atoms with E-state index in [2.05, 4.69) is 29.2 Å². The van der Waals surface area contributed by atoms with Crippen LogP contribution in [0.25, 0.3) is 0 Å². The number of hydrogen-bond donors (Lipinski definition) is 0. The van der Waals surface area contributed by atoms with Crippen LogP contribution in [-0.4, -0.2) is 5.97 Å². The molecule has 0 aliphatic heterocycles. The predicted octanol–water partition coefficient (Wildman–Crippen LogP) is 6.50. The van der Waals surface area contributed by atoms with E-state index < -0.39 is 5.41 Å². The molecule has 3 aromatic rings. The quantitative estimate of drug-likeness (QED) is 0.372. The maximum absolute atomic E-state index is 12.3. The lowest BCUT2D eigenvalue weighted by Gasteiger charge is -2.25. The molecule has 0 amide bonds. The number of rotatable bonds is 6. The molecule has 0 fully saturated rings. The zero-order chi connectivity index (χ0) is 19.3. The number of esters is 1. The Labute approximate surface area is 161 Å². The molecule has 0 aliphatic carbocycles.